The quantitative estimate of drug-likeness (QED) is 0.257. The maximum atomic E-state index is 12.6. The van der Waals surface area contributed by atoms with E-state index < -0.39 is 5.60 Å². The number of benzene rings is 2. The summed E-state index contributed by atoms with van der Waals surface area (Å²) in [6.45, 7) is 2.02. The van der Waals surface area contributed by atoms with Crippen molar-refractivity contribution in [3.63, 3.8) is 0 Å². The maximum Gasteiger partial charge on any atom is 0.155 e. The summed E-state index contributed by atoms with van der Waals surface area (Å²) in [4.78, 5) is 13.9. The van der Waals surface area contributed by atoms with Crippen LogP contribution in [0.2, 0.25) is 0 Å². The van der Waals surface area contributed by atoms with Gasteiger partial charge < -0.3 is 10.2 Å². The highest BCUT2D eigenvalue weighted by Gasteiger charge is 2.64. The largest absolute Gasteiger partial charge is 0.384 e. The van der Waals surface area contributed by atoms with Crippen LogP contribution in [0.1, 0.15) is 68.9 Å². The molecule has 1 fully saturated rings. The number of fused-ring (bicyclic) bond motifs is 4. The molecule has 0 radical (unpaired) electrons. The zero-order valence-corrected chi connectivity index (χ0v) is 23.7. The standard InChI is InChI=1S/C35H36O3S/c1-33-21-30-28-10-6-23(22-4-8-27(39-2)9-5-22)18-24(28)20-34-15-12-26(37)19-25(34)7-11-29(32(30)34)31(33)13-16-35(33,38)14-3-17-36/h4-6,8-10,18-19,30-31,36,38H,7,11-13,15-17,20-21H2,1-2H3/t30?,31-,33-,34+,35-/m0/s1. The highest BCUT2D eigenvalue weighted by molar-refractivity contribution is 7.98. The summed E-state index contributed by atoms with van der Waals surface area (Å²) in [7, 11) is 0. The number of hydrogen-bond donors (Lipinski definition) is 2. The first-order valence-electron chi connectivity index (χ1n) is 14.4. The van der Waals surface area contributed by atoms with Gasteiger partial charge in [0.1, 0.15) is 12.2 Å². The average molecular weight is 537 g/mol. The van der Waals surface area contributed by atoms with Crippen LogP contribution in [0.5, 0.6) is 0 Å². The second-order valence-corrected chi connectivity index (χ2v) is 13.4. The van der Waals surface area contributed by atoms with Crippen LogP contribution < -0.4 is 0 Å². The van der Waals surface area contributed by atoms with Crippen LogP contribution >= 0.6 is 11.8 Å². The fourth-order valence-electron chi connectivity index (χ4n) is 9.13. The fourth-order valence-corrected chi connectivity index (χ4v) is 9.54. The minimum atomic E-state index is -1.10. The van der Waals surface area contributed by atoms with Gasteiger partial charge in [0, 0.05) is 28.1 Å². The van der Waals surface area contributed by atoms with Crippen molar-refractivity contribution >= 4 is 17.5 Å². The van der Waals surface area contributed by atoms with Crippen molar-refractivity contribution in [1.29, 1.82) is 0 Å². The summed E-state index contributed by atoms with van der Waals surface area (Å²) in [5, 5.41) is 21.4. The summed E-state index contributed by atoms with van der Waals surface area (Å²) < 4.78 is 0. The molecule has 200 valence electrons. The van der Waals surface area contributed by atoms with Crippen molar-refractivity contribution < 1.29 is 15.0 Å². The molecule has 0 bridgehead atoms. The van der Waals surface area contributed by atoms with Crippen molar-refractivity contribution in [1.82, 2.24) is 0 Å². The Morgan fingerprint density at radius 3 is 2.62 bits per heavy atom. The average Bonchev–Trinajstić information content (AvgIpc) is 3.22. The predicted molar refractivity (Wildman–Crippen MR) is 156 cm³/mol. The van der Waals surface area contributed by atoms with Gasteiger partial charge in [0.15, 0.2) is 5.78 Å². The Labute approximate surface area is 235 Å². The number of carbonyl (C=O) groups excluding carboxylic acids is 1. The molecule has 0 heterocycles. The van der Waals surface area contributed by atoms with E-state index in [2.05, 4.69) is 67.5 Å². The van der Waals surface area contributed by atoms with Crippen LogP contribution in [0.25, 0.3) is 11.1 Å². The van der Waals surface area contributed by atoms with Gasteiger partial charge in [-0.25, -0.2) is 0 Å². The van der Waals surface area contributed by atoms with Crippen LogP contribution in [-0.2, 0) is 11.2 Å². The predicted octanol–water partition coefficient (Wildman–Crippen LogP) is 6.63. The first-order valence-corrected chi connectivity index (χ1v) is 15.6. The lowest BCUT2D eigenvalue weighted by Gasteiger charge is -2.58. The van der Waals surface area contributed by atoms with Gasteiger partial charge in [-0.05, 0) is 97.6 Å². The second kappa shape index (κ2) is 8.96. The van der Waals surface area contributed by atoms with E-state index in [-0.39, 0.29) is 29.1 Å². The first kappa shape index (κ1) is 25.4. The molecule has 1 saturated carbocycles. The number of hydrogen-bond acceptors (Lipinski definition) is 4. The third kappa shape index (κ3) is 3.56. The van der Waals surface area contributed by atoms with E-state index in [4.69, 9.17) is 0 Å². The Bertz CT molecular complexity index is 1500. The van der Waals surface area contributed by atoms with E-state index >= 15 is 0 Å². The summed E-state index contributed by atoms with van der Waals surface area (Å²) >= 11 is 1.76. The Morgan fingerprint density at radius 2 is 1.85 bits per heavy atom. The molecule has 1 spiro atoms. The molecule has 2 aromatic carbocycles. The zero-order valence-electron chi connectivity index (χ0n) is 22.8. The SMILES string of the molecule is CSc1ccc(-c2ccc3c(c2)C[C@]24CCC(=O)C=C2CCC2=C4C3C[C@@]3(C)[C@H]2CC[C@@]3(O)C#CCO)cc1. The normalized spacial score (nSPS) is 34.3. The van der Waals surface area contributed by atoms with Gasteiger partial charge >= 0.3 is 0 Å². The number of rotatable bonds is 2. The molecule has 0 saturated heterocycles. The summed E-state index contributed by atoms with van der Waals surface area (Å²) in [6, 6.07) is 15.8. The minimum absolute atomic E-state index is 0.0701. The van der Waals surface area contributed by atoms with Gasteiger partial charge in [-0.3, -0.25) is 4.79 Å². The van der Waals surface area contributed by atoms with E-state index in [0.29, 0.717) is 18.8 Å². The molecule has 0 aliphatic heterocycles. The van der Waals surface area contributed by atoms with E-state index in [0.717, 1.165) is 38.5 Å². The Kier molecular flexibility index (Phi) is 5.84. The molecule has 2 N–H and O–H groups in total. The Hall–Kier alpha value is -2.58. The molecule has 4 heteroatoms. The van der Waals surface area contributed by atoms with Gasteiger partial charge in [-0.2, -0.15) is 0 Å². The summed E-state index contributed by atoms with van der Waals surface area (Å²) in [6.07, 6.45) is 10.9. The smallest absolute Gasteiger partial charge is 0.155 e. The molecule has 0 aromatic heterocycles. The molecular formula is C35H36O3S. The highest BCUT2D eigenvalue weighted by Crippen LogP contribution is 2.70. The zero-order chi connectivity index (χ0) is 27.0. The number of allylic oxidation sites excluding steroid dienone is 4. The minimum Gasteiger partial charge on any atom is -0.384 e. The fraction of sp³-hybridized carbons (Fsp3) is 0.457. The number of carbonyl (C=O) groups is 1. The molecule has 5 aliphatic carbocycles. The van der Waals surface area contributed by atoms with Crippen LogP contribution in [-0.4, -0.2) is 34.5 Å². The van der Waals surface area contributed by atoms with Gasteiger partial charge in [-0.1, -0.05) is 65.8 Å². The van der Waals surface area contributed by atoms with Gasteiger partial charge in [0.2, 0.25) is 0 Å². The third-order valence-electron chi connectivity index (χ3n) is 11.0. The summed E-state index contributed by atoms with van der Waals surface area (Å²) in [5.41, 5.74) is 8.19. The van der Waals surface area contributed by atoms with Gasteiger partial charge in [-0.15, -0.1) is 11.8 Å². The van der Waals surface area contributed by atoms with E-state index in [1.807, 2.05) is 6.08 Å². The lowest BCUT2D eigenvalue weighted by atomic mass is 9.45. The van der Waals surface area contributed by atoms with Gasteiger partial charge in [0.25, 0.3) is 0 Å². The monoisotopic (exact) mass is 536 g/mol. The molecule has 3 nitrogen and oxygen atoms in total. The van der Waals surface area contributed by atoms with Crippen molar-refractivity contribution in [2.75, 3.05) is 12.9 Å². The van der Waals surface area contributed by atoms with E-state index in [9.17, 15) is 15.0 Å². The number of thioether (sulfide) groups is 1. The highest BCUT2D eigenvalue weighted by atomic mass is 32.2. The Morgan fingerprint density at radius 1 is 1.05 bits per heavy atom. The topological polar surface area (TPSA) is 57.5 Å². The Balaban J connectivity index is 1.42. The van der Waals surface area contributed by atoms with Gasteiger partial charge in [0.05, 0.1) is 0 Å². The molecule has 39 heavy (non-hydrogen) atoms. The lowest BCUT2D eigenvalue weighted by molar-refractivity contribution is -0.115. The van der Waals surface area contributed by atoms with Crippen LogP contribution in [0, 0.1) is 28.6 Å². The van der Waals surface area contributed by atoms with Crippen LogP contribution in [0.3, 0.4) is 0 Å². The molecule has 5 atom stereocenters. The number of aliphatic hydroxyl groups excluding tert-OH is 1. The van der Waals surface area contributed by atoms with Crippen LogP contribution in [0.15, 0.2) is 70.2 Å². The molecule has 7 rings (SSSR count). The molecule has 5 aliphatic rings. The molecule has 0 amide bonds. The lowest BCUT2D eigenvalue weighted by Crippen LogP contribution is -2.52. The molecule has 1 unspecified atom stereocenters. The van der Waals surface area contributed by atoms with E-state index in [1.54, 1.807) is 22.9 Å². The van der Waals surface area contributed by atoms with Crippen LogP contribution in [0.4, 0.5) is 0 Å². The molecular weight excluding hydrogens is 500 g/mol. The van der Waals surface area contributed by atoms with Crippen molar-refractivity contribution in [2.24, 2.45) is 16.7 Å². The molecule has 2 aromatic rings. The van der Waals surface area contributed by atoms with E-state index in [1.165, 1.54) is 32.7 Å². The van der Waals surface area contributed by atoms with Crippen molar-refractivity contribution in [3.05, 3.63) is 76.4 Å². The summed E-state index contributed by atoms with van der Waals surface area (Å²) in [5.74, 6) is 6.72. The van der Waals surface area contributed by atoms with Crippen molar-refractivity contribution in [2.45, 2.75) is 74.7 Å². The second-order valence-electron chi connectivity index (χ2n) is 12.6. The van der Waals surface area contributed by atoms with Crippen molar-refractivity contribution in [3.8, 4) is 23.0 Å². The maximum absolute atomic E-state index is 12.6. The number of aliphatic hydroxyl groups is 2. The number of ketones is 1. The third-order valence-corrected chi connectivity index (χ3v) is 11.7. The first-order chi connectivity index (χ1) is 18.8.